The second-order valence-electron chi connectivity index (χ2n) is 4.06. The van der Waals surface area contributed by atoms with Crippen molar-refractivity contribution in [3.63, 3.8) is 0 Å². The van der Waals surface area contributed by atoms with Crippen LogP contribution < -0.4 is 4.72 Å². The maximum absolute atomic E-state index is 12.0. The summed E-state index contributed by atoms with van der Waals surface area (Å²) in [5, 5.41) is 17.3. The summed E-state index contributed by atoms with van der Waals surface area (Å²) in [5.74, 6) is -1.18. The van der Waals surface area contributed by atoms with Gasteiger partial charge >= 0.3 is 5.97 Å². The largest absolute Gasteiger partial charge is 0.478 e. The van der Waals surface area contributed by atoms with Gasteiger partial charge in [0.15, 0.2) is 5.03 Å². The Balaban J connectivity index is 2.91. The van der Waals surface area contributed by atoms with E-state index in [-0.39, 0.29) is 22.4 Å². The standard InChI is InChI=1S/C11H16N2O5S2/c1-7(9(6-14)19-2)13-20(17,18)10-4-3-8(5-12-10)11(15)16/h3-5,7,9,13-14H,6H2,1-2H3,(H,15,16). The van der Waals surface area contributed by atoms with Crippen LogP contribution in [-0.4, -0.2) is 53.7 Å². The summed E-state index contributed by atoms with van der Waals surface area (Å²) in [5.41, 5.74) is -0.0886. The molecule has 7 nitrogen and oxygen atoms in total. The minimum atomic E-state index is -3.85. The molecule has 0 aromatic carbocycles. The van der Waals surface area contributed by atoms with Gasteiger partial charge in [-0.25, -0.2) is 22.9 Å². The van der Waals surface area contributed by atoms with E-state index in [0.717, 1.165) is 12.3 Å². The van der Waals surface area contributed by atoms with Crippen molar-refractivity contribution in [3.05, 3.63) is 23.9 Å². The van der Waals surface area contributed by atoms with Crippen LogP contribution in [0.5, 0.6) is 0 Å². The van der Waals surface area contributed by atoms with Gasteiger partial charge in [0.25, 0.3) is 10.0 Å². The molecule has 9 heteroatoms. The summed E-state index contributed by atoms with van der Waals surface area (Å²) in [6.07, 6.45) is 2.76. The number of nitrogens with zero attached hydrogens (tertiary/aromatic N) is 1. The fraction of sp³-hybridized carbons (Fsp3) is 0.455. The highest BCUT2D eigenvalue weighted by molar-refractivity contribution is 7.99. The lowest BCUT2D eigenvalue weighted by Gasteiger charge is -2.20. The lowest BCUT2D eigenvalue weighted by molar-refractivity contribution is 0.0696. The first-order valence-corrected chi connectivity index (χ1v) is 8.44. The molecule has 0 spiro atoms. The SMILES string of the molecule is CSC(CO)C(C)NS(=O)(=O)c1ccc(C(=O)O)cn1. The summed E-state index contributed by atoms with van der Waals surface area (Å²) >= 11 is 1.35. The highest BCUT2D eigenvalue weighted by Gasteiger charge is 2.24. The van der Waals surface area contributed by atoms with Crippen molar-refractivity contribution >= 4 is 27.8 Å². The number of nitrogens with one attached hydrogen (secondary N) is 1. The third-order valence-corrected chi connectivity index (χ3v) is 5.28. The number of aromatic nitrogens is 1. The fourth-order valence-corrected chi connectivity index (χ4v) is 3.41. The van der Waals surface area contributed by atoms with Crippen molar-refractivity contribution in [2.75, 3.05) is 12.9 Å². The van der Waals surface area contributed by atoms with Gasteiger partial charge in [-0.15, -0.1) is 0 Å². The van der Waals surface area contributed by atoms with Crippen LogP contribution in [-0.2, 0) is 10.0 Å². The monoisotopic (exact) mass is 320 g/mol. The Bertz CT molecular complexity index is 555. The zero-order valence-corrected chi connectivity index (χ0v) is 12.6. The second-order valence-corrected chi connectivity index (χ2v) is 6.79. The first-order valence-electron chi connectivity index (χ1n) is 5.67. The van der Waals surface area contributed by atoms with Crippen LogP contribution in [0.4, 0.5) is 0 Å². The van der Waals surface area contributed by atoms with Crippen LogP contribution in [0, 0.1) is 0 Å². The topological polar surface area (TPSA) is 117 Å². The number of thioether (sulfide) groups is 1. The summed E-state index contributed by atoms with van der Waals surface area (Å²) in [6, 6.07) is 1.82. The lowest BCUT2D eigenvalue weighted by Crippen LogP contribution is -2.41. The minimum absolute atomic E-state index is 0.0886. The van der Waals surface area contributed by atoms with Gasteiger partial charge in [0.2, 0.25) is 0 Å². The number of pyridine rings is 1. The molecule has 0 fully saturated rings. The van der Waals surface area contributed by atoms with Crippen LogP contribution in [0.3, 0.4) is 0 Å². The third kappa shape index (κ3) is 4.17. The van der Waals surface area contributed by atoms with Gasteiger partial charge in [0.05, 0.1) is 12.2 Å². The van der Waals surface area contributed by atoms with Crippen LogP contribution >= 0.6 is 11.8 Å². The molecular formula is C11H16N2O5S2. The van der Waals surface area contributed by atoms with Gasteiger partial charge in [-0.1, -0.05) is 0 Å². The van der Waals surface area contributed by atoms with E-state index in [1.54, 1.807) is 13.2 Å². The third-order valence-electron chi connectivity index (χ3n) is 2.64. The van der Waals surface area contributed by atoms with Crippen molar-refractivity contribution in [2.45, 2.75) is 23.2 Å². The van der Waals surface area contributed by atoms with E-state index in [1.165, 1.54) is 17.8 Å². The summed E-state index contributed by atoms with van der Waals surface area (Å²) in [7, 11) is -3.85. The summed E-state index contributed by atoms with van der Waals surface area (Å²) in [6.45, 7) is 1.48. The van der Waals surface area contributed by atoms with Gasteiger partial charge in [0.1, 0.15) is 0 Å². The van der Waals surface area contributed by atoms with E-state index >= 15 is 0 Å². The van der Waals surface area contributed by atoms with Crippen LogP contribution in [0.1, 0.15) is 17.3 Å². The van der Waals surface area contributed by atoms with E-state index in [2.05, 4.69) is 9.71 Å². The number of aliphatic hydroxyl groups excluding tert-OH is 1. The van der Waals surface area contributed by atoms with Crippen molar-refractivity contribution in [2.24, 2.45) is 0 Å². The van der Waals surface area contributed by atoms with E-state index in [4.69, 9.17) is 10.2 Å². The number of rotatable bonds is 7. The van der Waals surface area contributed by atoms with Gasteiger partial charge in [-0.05, 0) is 25.3 Å². The molecule has 1 heterocycles. The first kappa shape index (κ1) is 16.9. The predicted octanol–water partition coefficient (Wildman–Crippen LogP) is 0.170. The normalized spacial score (nSPS) is 14.8. The van der Waals surface area contributed by atoms with Crippen molar-refractivity contribution in [1.29, 1.82) is 0 Å². The average Bonchev–Trinajstić information content (AvgIpc) is 2.39. The number of aliphatic hydroxyl groups is 1. The van der Waals surface area contributed by atoms with Crippen LogP contribution in [0.15, 0.2) is 23.4 Å². The van der Waals surface area contributed by atoms with Gasteiger partial charge < -0.3 is 10.2 Å². The van der Waals surface area contributed by atoms with E-state index < -0.39 is 22.0 Å². The molecular weight excluding hydrogens is 304 g/mol. The van der Waals surface area contributed by atoms with E-state index in [0.29, 0.717) is 0 Å². The summed E-state index contributed by atoms with van der Waals surface area (Å²) < 4.78 is 26.5. The molecule has 20 heavy (non-hydrogen) atoms. The van der Waals surface area contributed by atoms with E-state index in [1.807, 2.05) is 0 Å². The molecule has 112 valence electrons. The fourth-order valence-electron chi connectivity index (χ4n) is 1.48. The van der Waals surface area contributed by atoms with Gasteiger partial charge in [-0.2, -0.15) is 11.8 Å². The molecule has 1 aromatic heterocycles. The summed E-state index contributed by atoms with van der Waals surface area (Å²) in [4.78, 5) is 14.3. The lowest BCUT2D eigenvalue weighted by atomic mass is 10.3. The number of hydrogen-bond acceptors (Lipinski definition) is 6. The number of sulfonamides is 1. The Morgan fingerprint density at radius 1 is 1.50 bits per heavy atom. The Morgan fingerprint density at radius 3 is 2.55 bits per heavy atom. The van der Waals surface area contributed by atoms with Crippen LogP contribution in [0.2, 0.25) is 0 Å². The second kappa shape index (κ2) is 7.02. The Kier molecular flexibility index (Phi) is 5.93. The molecule has 1 aromatic rings. The number of carboxylic acid groups (broad SMARTS) is 1. The zero-order valence-electron chi connectivity index (χ0n) is 11.0. The maximum Gasteiger partial charge on any atom is 0.337 e. The number of aromatic carboxylic acids is 1. The number of carboxylic acids is 1. The molecule has 0 saturated carbocycles. The van der Waals surface area contributed by atoms with Crippen molar-refractivity contribution in [3.8, 4) is 0 Å². The van der Waals surface area contributed by atoms with Gasteiger partial charge in [-0.3, -0.25) is 0 Å². The maximum atomic E-state index is 12.0. The van der Waals surface area contributed by atoms with Crippen molar-refractivity contribution < 1.29 is 23.4 Å². The quantitative estimate of drug-likeness (QED) is 0.655. The molecule has 0 amide bonds. The predicted molar refractivity (Wildman–Crippen MR) is 75.4 cm³/mol. The molecule has 0 aliphatic heterocycles. The number of hydrogen-bond donors (Lipinski definition) is 3. The molecule has 0 radical (unpaired) electrons. The Labute approximate surface area is 121 Å². The van der Waals surface area contributed by atoms with Gasteiger partial charge in [0, 0.05) is 17.5 Å². The molecule has 0 bridgehead atoms. The molecule has 1 rings (SSSR count). The number of carbonyl (C=O) groups is 1. The molecule has 2 unspecified atom stereocenters. The highest BCUT2D eigenvalue weighted by Crippen LogP contribution is 2.14. The molecule has 0 aliphatic rings. The molecule has 3 N–H and O–H groups in total. The highest BCUT2D eigenvalue weighted by atomic mass is 32.2. The average molecular weight is 320 g/mol. The smallest absolute Gasteiger partial charge is 0.337 e. The van der Waals surface area contributed by atoms with Crippen molar-refractivity contribution in [1.82, 2.24) is 9.71 Å². The van der Waals surface area contributed by atoms with Crippen LogP contribution in [0.25, 0.3) is 0 Å². The zero-order chi connectivity index (χ0) is 15.3. The minimum Gasteiger partial charge on any atom is -0.478 e. The molecule has 0 aliphatic carbocycles. The van der Waals surface area contributed by atoms with E-state index in [9.17, 15) is 13.2 Å². The Hall–Kier alpha value is -1.16. The molecule has 0 saturated heterocycles. The first-order chi connectivity index (χ1) is 9.31. The Morgan fingerprint density at radius 2 is 2.15 bits per heavy atom. The molecule has 2 atom stereocenters.